The van der Waals surface area contributed by atoms with Crippen molar-refractivity contribution in [2.45, 2.75) is 19.3 Å². The fourth-order valence-corrected chi connectivity index (χ4v) is 9.86. The first-order valence-corrected chi connectivity index (χ1v) is 23.6. The maximum absolute atomic E-state index is 5.06. The van der Waals surface area contributed by atoms with E-state index in [4.69, 9.17) is 19.9 Å². The van der Waals surface area contributed by atoms with Gasteiger partial charge in [-0.25, -0.2) is 19.9 Å². The Hall–Kier alpha value is -7.52. The first-order valence-electron chi connectivity index (χ1n) is 22.1. The van der Waals surface area contributed by atoms with Crippen LogP contribution >= 0.6 is 31.9 Å². The standard InChI is InChI=1S/C31H20BrN3.C28H20BrN3/c32-27-14-7-13-23(20-27)31-34-28-15-8-16-33-30(28)29(35-31)26-18-24(21-9-3-1-4-10-21)17-25(19-26)22-11-5-2-6-12-22;1-28(2)22-10-4-3-9-20(22)21-13-12-17(16-23(21)28)25-26-24(11-6-14-30-26)31-27(32-25)18-7-5-8-19(29)15-18/h1-20H;3-16H,1-2H3. The van der Waals surface area contributed by atoms with E-state index in [2.05, 4.69) is 165 Å². The summed E-state index contributed by atoms with van der Waals surface area (Å²) in [6.07, 6.45) is 3.61. The summed E-state index contributed by atoms with van der Waals surface area (Å²) in [5, 5.41) is 0. The van der Waals surface area contributed by atoms with Gasteiger partial charge in [0.05, 0.1) is 11.0 Å². The molecule has 6 nitrogen and oxygen atoms in total. The van der Waals surface area contributed by atoms with E-state index >= 15 is 0 Å². The molecule has 67 heavy (non-hydrogen) atoms. The lowest BCUT2D eigenvalue weighted by Crippen LogP contribution is -2.15. The predicted molar refractivity (Wildman–Crippen MR) is 280 cm³/mol. The molecule has 0 N–H and O–H groups in total. The normalized spacial score (nSPS) is 12.3. The second-order valence-electron chi connectivity index (χ2n) is 17.0. The van der Waals surface area contributed by atoms with Gasteiger partial charge < -0.3 is 0 Å². The summed E-state index contributed by atoms with van der Waals surface area (Å²) in [5.74, 6) is 1.37. The van der Waals surface area contributed by atoms with Crippen LogP contribution in [0.2, 0.25) is 0 Å². The summed E-state index contributed by atoms with van der Waals surface area (Å²) in [5.41, 5.74) is 18.8. The van der Waals surface area contributed by atoms with Crippen LogP contribution in [0.3, 0.4) is 0 Å². The van der Waals surface area contributed by atoms with Gasteiger partial charge in [-0.2, -0.15) is 0 Å². The number of aromatic nitrogens is 6. The van der Waals surface area contributed by atoms with Crippen LogP contribution in [0.15, 0.2) is 215 Å². The SMILES string of the molecule is Brc1cccc(-c2nc(-c3cc(-c4ccccc4)cc(-c4ccccc4)c3)c3ncccc3n2)c1.CC1(C)c2ccccc2-c2ccc(-c3nc(-c4cccc(Br)c4)nc4cccnc34)cc21. The van der Waals surface area contributed by atoms with Crippen LogP contribution in [-0.4, -0.2) is 29.9 Å². The van der Waals surface area contributed by atoms with Crippen molar-refractivity contribution < 1.29 is 0 Å². The van der Waals surface area contributed by atoms with Gasteiger partial charge in [0.25, 0.3) is 0 Å². The molecule has 0 spiro atoms. The third-order valence-electron chi connectivity index (χ3n) is 12.4. The largest absolute Gasteiger partial charge is 0.252 e. The molecule has 7 aromatic carbocycles. The van der Waals surface area contributed by atoms with E-state index < -0.39 is 0 Å². The Kier molecular flexibility index (Phi) is 11.1. The summed E-state index contributed by atoms with van der Waals surface area (Å²) < 4.78 is 1.99. The second-order valence-corrected chi connectivity index (χ2v) is 18.8. The summed E-state index contributed by atoms with van der Waals surface area (Å²) in [4.78, 5) is 29.0. The van der Waals surface area contributed by atoms with Gasteiger partial charge in [-0.15, -0.1) is 0 Å². The molecule has 4 heterocycles. The van der Waals surface area contributed by atoms with Crippen molar-refractivity contribution in [3.63, 3.8) is 0 Å². The molecule has 0 aliphatic heterocycles. The highest BCUT2D eigenvalue weighted by Crippen LogP contribution is 2.49. The maximum atomic E-state index is 5.06. The molecule has 0 bridgehead atoms. The molecular formula is C59H40Br2N6. The van der Waals surface area contributed by atoms with Crippen molar-refractivity contribution in [3.05, 3.63) is 227 Å². The quantitative estimate of drug-likeness (QED) is 0.165. The molecule has 0 amide bonds. The first kappa shape index (κ1) is 42.1. The van der Waals surface area contributed by atoms with Crippen LogP contribution < -0.4 is 0 Å². The molecule has 0 saturated heterocycles. The van der Waals surface area contributed by atoms with Gasteiger partial charge in [0.2, 0.25) is 0 Å². The van der Waals surface area contributed by atoms with Crippen LogP contribution in [0.25, 0.3) is 101 Å². The number of pyridine rings is 2. The lowest BCUT2D eigenvalue weighted by atomic mass is 9.82. The van der Waals surface area contributed by atoms with Crippen molar-refractivity contribution in [3.8, 4) is 78.7 Å². The van der Waals surface area contributed by atoms with E-state index in [0.29, 0.717) is 11.6 Å². The van der Waals surface area contributed by atoms with Crippen molar-refractivity contribution in [1.82, 2.24) is 29.9 Å². The summed E-state index contributed by atoms with van der Waals surface area (Å²) in [6, 6.07) is 66.9. The Labute approximate surface area is 405 Å². The summed E-state index contributed by atoms with van der Waals surface area (Å²) in [6.45, 7) is 4.59. The zero-order valence-corrected chi connectivity index (χ0v) is 39.7. The molecule has 0 atom stereocenters. The molecule has 1 aliphatic carbocycles. The van der Waals surface area contributed by atoms with Gasteiger partial charge >= 0.3 is 0 Å². The van der Waals surface area contributed by atoms with Crippen molar-refractivity contribution >= 4 is 53.9 Å². The van der Waals surface area contributed by atoms with E-state index in [0.717, 1.165) is 86.9 Å². The van der Waals surface area contributed by atoms with E-state index in [1.807, 2.05) is 84.9 Å². The molecule has 4 aromatic heterocycles. The molecule has 1 aliphatic rings. The topological polar surface area (TPSA) is 77.3 Å². The zero-order chi connectivity index (χ0) is 45.5. The molecule has 0 saturated carbocycles. The van der Waals surface area contributed by atoms with Crippen LogP contribution in [0.5, 0.6) is 0 Å². The predicted octanol–water partition coefficient (Wildman–Crippen LogP) is 15.9. The van der Waals surface area contributed by atoms with Gasteiger partial charge in [-0.1, -0.05) is 167 Å². The molecule has 8 heteroatoms. The van der Waals surface area contributed by atoms with E-state index in [9.17, 15) is 0 Å². The van der Waals surface area contributed by atoms with Crippen LogP contribution in [0.1, 0.15) is 25.0 Å². The van der Waals surface area contributed by atoms with Gasteiger partial charge in [0.1, 0.15) is 22.4 Å². The average molecular weight is 993 g/mol. The molecular weight excluding hydrogens is 952 g/mol. The smallest absolute Gasteiger partial charge is 0.160 e. The Balaban J connectivity index is 0.000000148. The number of nitrogens with zero attached hydrogens (tertiary/aromatic N) is 6. The van der Waals surface area contributed by atoms with Crippen LogP contribution in [0, 0.1) is 0 Å². The number of fused-ring (bicyclic) bond motifs is 5. The second kappa shape index (κ2) is 17.7. The molecule has 0 radical (unpaired) electrons. The highest BCUT2D eigenvalue weighted by atomic mass is 79.9. The highest BCUT2D eigenvalue weighted by molar-refractivity contribution is 9.10. The van der Waals surface area contributed by atoms with Crippen LogP contribution in [-0.2, 0) is 5.41 Å². The summed E-state index contributed by atoms with van der Waals surface area (Å²) in [7, 11) is 0. The maximum Gasteiger partial charge on any atom is 0.160 e. The zero-order valence-electron chi connectivity index (χ0n) is 36.6. The third-order valence-corrected chi connectivity index (χ3v) is 13.3. The van der Waals surface area contributed by atoms with Crippen molar-refractivity contribution in [2.75, 3.05) is 0 Å². The molecule has 0 fully saturated rings. The monoisotopic (exact) mass is 990 g/mol. The fourth-order valence-electron chi connectivity index (χ4n) is 9.06. The van der Waals surface area contributed by atoms with Crippen molar-refractivity contribution in [1.29, 1.82) is 0 Å². The minimum absolute atomic E-state index is 0.0642. The van der Waals surface area contributed by atoms with Gasteiger partial charge in [-0.05, 0) is 117 Å². The lowest BCUT2D eigenvalue weighted by molar-refractivity contribution is 0.660. The van der Waals surface area contributed by atoms with Gasteiger partial charge in [0, 0.05) is 49.0 Å². The van der Waals surface area contributed by atoms with Crippen LogP contribution in [0.4, 0.5) is 0 Å². The first-order chi connectivity index (χ1) is 32.8. The lowest BCUT2D eigenvalue weighted by Gasteiger charge is -2.22. The third kappa shape index (κ3) is 8.24. The minimum atomic E-state index is -0.0642. The van der Waals surface area contributed by atoms with Crippen molar-refractivity contribution in [2.24, 2.45) is 0 Å². The Bertz CT molecular complexity index is 3590. The molecule has 12 rings (SSSR count). The minimum Gasteiger partial charge on any atom is -0.252 e. The van der Waals surface area contributed by atoms with Gasteiger partial charge in [0.15, 0.2) is 11.6 Å². The Morgan fingerprint density at radius 1 is 0.343 bits per heavy atom. The number of hydrogen-bond acceptors (Lipinski definition) is 6. The Morgan fingerprint density at radius 3 is 1.37 bits per heavy atom. The molecule has 0 unspecified atom stereocenters. The van der Waals surface area contributed by atoms with Gasteiger partial charge in [-0.3, -0.25) is 9.97 Å². The number of halogens is 2. The molecule has 320 valence electrons. The summed E-state index contributed by atoms with van der Waals surface area (Å²) >= 11 is 7.14. The molecule has 11 aromatic rings. The number of hydrogen-bond donors (Lipinski definition) is 0. The van der Waals surface area contributed by atoms with E-state index in [-0.39, 0.29) is 5.41 Å². The average Bonchev–Trinajstić information content (AvgIpc) is 3.61. The number of benzene rings is 7. The highest BCUT2D eigenvalue weighted by Gasteiger charge is 2.35. The van der Waals surface area contributed by atoms with E-state index in [1.54, 1.807) is 12.4 Å². The van der Waals surface area contributed by atoms with E-state index in [1.165, 1.54) is 22.3 Å². The number of rotatable bonds is 6. The Morgan fingerprint density at radius 2 is 0.821 bits per heavy atom. The fraction of sp³-hybridized carbons (Fsp3) is 0.0508.